The van der Waals surface area contributed by atoms with E-state index in [4.69, 9.17) is 4.42 Å². The Bertz CT molecular complexity index is 257. The summed E-state index contributed by atoms with van der Waals surface area (Å²) in [4.78, 5) is 14.2. The van der Waals surface area contributed by atoms with E-state index in [1.54, 1.807) is 0 Å². The van der Waals surface area contributed by atoms with Gasteiger partial charge in [-0.25, -0.2) is 4.98 Å². The van der Waals surface area contributed by atoms with E-state index in [2.05, 4.69) is 4.98 Å². The molecule has 0 aliphatic heterocycles. The predicted molar refractivity (Wildman–Crippen MR) is 40.6 cm³/mol. The summed E-state index contributed by atoms with van der Waals surface area (Å²) in [5, 5.41) is 0. The van der Waals surface area contributed by atoms with Gasteiger partial charge < -0.3 is 4.42 Å². The predicted octanol–water partition coefficient (Wildman–Crippen LogP) is 1.78. The zero-order chi connectivity index (χ0) is 8.48. The highest BCUT2D eigenvalue weighted by molar-refractivity contribution is 5.67. The van der Waals surface area contributed by atoms with Crippen LogP contribution in [0.5, 0.6) is 0 Å². The molecule has 0 saturated heterocycles. The van der Waals surface area contributed by atoms with Crippen molar-refractivity contribution >= 4 is 6.29 Å². The Morgan fingerprint density at radius 2 is 2.18 bits per heavy atom. The molecule has 0 atom stereocenters. The molecule has 3 nitrogen and oxygen atoms in total. The summed E-state index contributed by atoms with van der Waals surface area (Å²) >= 11 is 0. The van der Waals surface area contributed by atoms with E-state index in [0.717, 1.165) is 5.69 Å². The topological polar surface area (TPSA) is 43.1 Å². The number of carbonyl (C=O) groups excluding carboxylic acids is 1. The Morgan fingerprint density at radius 3 is 2.45 bits per heavy atom. The van der Waals surface area contributed by atoms with E-state index in [1.165, 1.54) is 6.26 Å². The van der Waals surface area contributed by atoms with Gasteiger partial charge in [0.2, 0.25) is 6.29 Å². The highest BCUT2D eigenvalue weighted by Crippen LogP contribution is 2.20. The van der Waals surface area contributed by atoms with Gasteiger partial charge in [0.25, 0.3) is 5.89 Å². The number of carbonyl (C=O) groups is 1. The zero-order valence-corrected chi connectivity index (χ0v) is 6.92. The average molecular weight is 153 g/mol. The second-order valence-corrected chi connectivity index (χ2v) is 3.44. The summed E-state index contributed by atoms with van der Waals surface area (Å²) < 4.78 is 4.86. The minimum absolute atomic E-state index is 0.0508. The molecule has 0 amide bonds. The third-order valence-corrected chi connectivity index (χ3v) is 1.39. The van der Waals surface area contributed by atoms with E-state index in [-0.39, 0.29) is 11.3 Å². The van der Waals surface area contributed by atoms with Crippen LogP contribution in [0, 0.1) is 0 Å². The lowest BCUT2D eigenvalue weighted by molar-refractivity contribution is 0.109. The average Bonchev–Trinajstić information content (AvgIpc) is 2.32. The van der Waals surface area contributed by atoms with Crippen LogP contribution in [-0.4, -0.2) is 11.3 Å². The van der Waals surface area contributed by atoms with Crippen LogP contribution in [-0.2, 0) is 5.41 Å². The van der Waals surface area contributed by atoms with Gasteiger partial charge in [-0.3, -0.25) is 4.79 Å². The summed E-state index contributed by atoms with van der Waals surface area (Å²) in [7, 11) is 0. The van der Waals surface area contributed by atoms with E-state index < -0.39 is 0 Å². The number of aldehydes is 1. The maximum absolute atomic E-state index is 10.2. The summed E-state index contributed by atoms with van der Waals surface area (Å²) in [6.45, 7) is 6.04. The van der Waals surface area contributed by atoms with Crippen molar-refractivity contribution in [3.63, 3.8) is 0 Å². The first kappa shape index (κ1) is 7.98. The van der Waals surface area contributed by atoms with E-state index in [9.17, 15) is 4.79 Å². The second kappa shape index (κ2) is 2.49. The molecule has 0 spiro atoms. The van der Waals surface area contributed by atoms with Crippen molar-refractivity contribution in [2.24, 2.45) is 0 Å². The first-order valence-corrected chi connectivity index (χ1v) is 3.45. The van der Waals surface area contributed by atoms with E-state index >= 15 is 0 Å². The number of rotatable bonds is 1. The van der Waals surface area contributed by atoms with Gasteiger partial charge >= 0.3 is 0 Å². The third kappa shape index (κ3) is 1.67. The minimum atomic E-state index is -0.0508. The third-order valence-electron chi connectivity index (χ3n) is 1.39. The number of hydrogen-bond donors (Lipinski definition) is 0. The van der Waals surface area contributed by atoms with Crippen LogP contribution in [0.25, 0.3) is 0 Å². The van der Waals surface area contributed by atoms with Crippen LogP contribution in [0.3, 0.4) is 0 Å². The number of aromatic nitrogens is 1. The molecule has 0 N–H and O–H groups in total. The Kier molecular flexibility index (Phi) is 1.81. The van der Waals surface area contributed by atoms with E-state index in [1.807, 2.05) is 20.8 Å². The van der Waals surface area contributed by atoms with Gasteiger partial charge in [0, 0.05) is 5.41 Å². The fraction of sp³-hybridized carbons (Fsp3) is 0.500. The molecule has 3 heteroatoms. The summed E-state index contributed by atoms with van der Waals surface area (Å²) in [5.74, 6) is 0.148. The lowest BCUT2D eigenvalue weighted by atomic mass is 9.93. The molecule has 1 heterocycles. The highest BCUT2D eigenvalue weighted by atomic mass is 16.3. The molecular weight excluding hydrogens is 142 g/mol. The largest absolute Gasteiger partial charge is 0.442 e. The number of hydrogen-bond acceptors (Lipinski definition) is 3. The van der Waals surface area contributed by atoms with Crippen molar-refractivity contribution in [3.8, 4) is 0 Å². The highest BCUT2D eigenvalue weighted by Gasteiger charge is 2.17. The smallest absolute Gasteiger partial charge is 0.259 e. The standard InChI is InChI=1S/C8H11NO2/c1-8(2,3)6-5-11-7(4-10)9-6/h4-5H,1-3H3. The monoisotopic (exact) mass is 153 g/mol. The zero-order valence-electron chi connectivity index (χ0n) is 6.92. The van der Waals surface area contributed by atoms with Crippen LogP contribution in [0.2, 0.25) is 0 Å². The van der Waals surface area contributed by atoms with Crippen molar-refractivity contribution < 1.29 is 9.21 Å². The van der Waals surface area contributed by atoms with E-state index in [0.29, 0.717) is 6.29 Å². The van der Waals surface area contributed by atoms with Crippen molar-refractivity contribution in [3.05, 3.63) is 17.8 Å². The molecule has 1 rings (SSSR count). The maximum Gasteiger partial charge on any atom is 0.259 e. The van der Waals surface area contributed by atoms with Crippen molar-refractivity contribution in [2.45, 2.75) is 26.2 Å². The summed E-state index contributed by atoms with van der Waals surface area (Å²) in [6.07, 6.45) is 2.12. The first-order valence-electron chi connectivity index (χ1n) is 3.45. The fourth-order valence-electron chi connectivity index (χ4n) is 0.686. The van der Waals surface area contributed by atoms with Gasteiger partial charge in [-0.05, 0) is 0 Å². The van der Waals surface area contributed by atoms with Crippen LogP contribution in [0.4, 0.5) is 0 Å². The number of oxazole rings is 1. The quantitative estimate of drug-likeness (QED) is 0.577. The van der Waals surface area contributed by atoms with Gasteiger partial charge in [-0.1, -0.05) is 20.8 Å². The molecule has 0 aromatic carbocycles. The van der Waals surface area contributed by atoms with Gasteiger partial charge in [0.05, 0.1) is 5.69 Å². The molecule has 0 aliphatic carbocycles. The van der Waals surface area contributed by atoms with Crippen LogP contribution in [0.15, 0.2) is 10.7 Å². The lowest BCUT2D eigenvalue weighted by Gasteiger charge is -2.12. The molecule has 0 radical (unpaired) electrons. The molecule has 0 saturated carbocycles. The molecule has 0 bridgehead atoms. The van der Waals surface area contributed by atoms with Crippen molar-refractivity contribution in [1.82, 2.24) is 4.98 Å². The maximum atomic E-state index is 10.2. The SMILES string of the molecule is CC(C)(C)c1coc(C=O)n1. The van der Waals surface area contributed by atoms with Gasteiger partial charge in [-0.15, -0.1) is 0 Å². The molecule has 0 unspecified atom stereocenters. The van der Waals surface area contributed by atoms with Gasteiger partial charge in [-0.2, -0.15) is 0 Å². The molecule has 1 aromatic rings. The Labute approximate surface area is 65.4 Å². The molecule has 0 aliphatic rings. The lowest BCUT2D eigenvalue weighted by Crippen LogP contribution is -2.11. The second-order valence-electron chi connectivity index (χ2n) is 3.44. The summed E-state index contributed by atoms with van der Waals surface area (Å²) in [5.41, 5.74) is 0.754. The van der Waals surface area contributed by atoms with Crippen molar-refractivity contribution in [1.29, 1.82) is 0 Å². The molecular formula is C8H11NO2. The Hall–Kier alpha value is -1.12. The van der Waals surface area contributed by atoms with Crippen LogP contribution < -0.4 is 0 Å². The fourth-order valence-corrected chi connectivity index (χ4v) is 0.686. The minimum Gasteiger partial charge on any atom is -0.442 e. The Balaban J connectivity index is 2.98. The molecule has 11 heavy (non-hydrogen) atoms. The van der Waals surface area contributed by atoms with Crippen LogP contribution >= 0.6 is 0 Å². The van der Waals surface area contributed by atoms with Gasteiger partial charge in [0.15, 0.2) is 0 Å². The molecule has 0 fully saturated rings. The van der Waals surface area contributed by atoms with Gasteiger partial charge in [0.1, 0.15) is 6.26 Å². The molecule has 1 aromatic heterocycles. The summed E-state index contributed by atoms with van der Waals surface area (Å²) in [6, 6.07) is 0. The molecule has 60 valence electrons. The normalized spacial score (nSPS) is 11.5. The van der Waals surface area contributed by atoms with Crippen LogP contribution in [0.1, 0.15) is 37.2 Å². The first-order chi connectivity index (χ1) is 5.04. The Morgan fingerprint density at radius 1 is 1.55 bits per heavy atom. The van der Waals surface area contributed by atoms with Crippen molar-refractivity contribution in [2.75, 3.05) is 0 Å². The number of nitrogens with zero attached hydrogens (tertiary/aromatic N) is 1.